The number of rotatable bonds is 8. The molecule has 5 nitrogen and oxygen atoms in total. The van der Waals surface area contributed by atoms with Gasteiger partial charge in [-0.15, -0.1) is 0 Å². The molecule has 1 heterocycles. The normalized spacial score (nSPS) is 21.9. The van der Waals surface area contributed by atoms with Crippen molar-refractivity contribution in [2.45, 2.75) is 64.6 Å². The van der Waals surface area contributed by atoms with Gasteiger partial charge in [-0.3, -0.25) is 9.69 Å². The lowest BCUT2D eigenvalue weighted by atomic mass is 10.0. The van der Waals surface area contributed by atoms with Crippen LogP contribution in [0.2, 0.25) is 0 Å². The highest BCUT2D eigenvalue weighted by Crippen LogP contribution is 2.17. The van der Waals surface area contributed by atoms with Crippen molar-refractivity contribution in [2.75, 3.05) is 26.2 Å². The second-order valence-corrected chi connectivity index (χ2v) is 5.95. The molecule has 2 unspecified atom stereocenters. The third-order valence-corrected chi connectivity index (χ3v) is 3.63. The highest BCUT2D eigenvalue weighted by molar-refractivity contribution is 5.76. The van der Waals surface area contributed by atoms with Crippen LogP contribution in [0.5, 0.6) is 0 Å². The van der Waals surface area contributed by atoms with E-state index >= 15 is 0 Å². The summed E-state index contributed by atoms with van der Waals surface area (Å²) in [6, 6.07) is 0.310. The Kier molecular flexibility index (Phi) is 8.11. The van der Waals surface area contributed by atoms with E-state index in [-0.39, 0.29) is 18.0 Å². The van der Waals surface area contributed by atoms with Crippen molar-refractivity contribution in [2.24, 2.45) is 5.73 Å². The average Bonchev–Trinajstić information content (AvgIpc) is 2.42. The van der Waals surface area contributed by atoms with E-state index < -0.39 is 0 Å². The van der Waals surface area contributed by atoms with Crippen LogP contribution in [0.1, 0.15) is 46.5 Å². The Morgan fingerprint density at radius 2 is 2.25 bits per heavy atom. The summed E-state index contributed by atoms with van der Waals surface area (Å²) in [5.74, 6) is 0.0899. The highest BCUT2D eigenvalue weighted by atomic mass is 16.5. The molecule has 0 bridgehead atoms. The molecule has 1 rings (SSSR count). The van der Waals surface area contributed by atoms with Crippen LogP contribution in [-0.2, 0) is 9.53 Å². The Morgan fingerprint density at radius 1 is 1.50 bits per heavy atom. The number of carbonyl (C=O) groups excluding carboxylic acids is 1. The van der Waals surface area contributed by atoms with Gasteiger partial charge in [0.25, 0.3) is 0 Å². The fourth-order valence-corrected chi connectivity index (χ4v) is 2.67. The van der Waals surface area contributed by atoms with Gasteiger partial charge in [-0.05, 0) is 39.7 Å². The highest BCUT2D eigenvalue weighted by Gasteiger charge is 2.27. The van der Waals surface area contributed by atoms with Gasteiger partial charge in [0.2, 0.25) is 5.91 Å². The Hall–Kier alpha value is -0.650. The molecule has 1 aliphatic heterocycles. The molecular formula is C15H31N3O2. The number of piperidine rings is 1. The summed E-state index contributed by atoms with van der Waals surface area (Å²) in [6.45, 7) is 9.33. The lowest BCUT2D eigenvalue weighted by molar-refractivity contribution is -0.123. The molecule has 2 atom stereocenters. The molecule has 118 valence electrons. The van der Waals surface area contributed by atoms with Crippen LogP contribution in [0, 0.1) is 0 Å². The topological polar surface area (TPSA) is 67.6 Å². The van der Waals surface area contributed by atoms with Gasteiger partial charge in [0.15, 0.2) is 0 Å². The van der Waals surface area contributed by atoms with E-state index in [1.54, 1.807) is 0 Å². The van der Waals surface area contributed by atoms with E-state index in [0.29, 0.717) is 19.1 Å². The van der Waals surface area contributed by atoms with E-state index in [0.717, 1.165) is 39.0 Å². The predicted octanol–water partition coefficient (Wildman–Crippen LogP) is 1.12. The summed E-state index contributed by atoms with van der Waals surface area (Å²) in [7, 11) is 0. The van der Waals surface area contributed by atoms with Crippen LogP contribution >= 0.6 is 0 Å². The minimum absolute atomic E-state index is 0.0899. The molecular weight excluding hydrogens is 254 g/mol. The van der Waals surface area contributed by atoms with Crippen LogP contribution in [0.3, 0.4) is 0 Å². The molecule has 0 aromatic heterocycles. The van der Waals surface area contributed by atoms with Crippen molar-refractivity contribution in [1.82, 2.24) is 10.2 Å². The number of likely N-dealkylation sites (tertiary alicyclic amines) is 1. The first-order valence-electron chi connectivity index (χ1n) is 7.91. The van der Waals surface area contributed by atoms with Gasteiger partial charge < -0.3 is 15.8 Å². The summed E-state index contributed by atoms with van der Waals surface area (Å²) in [5, 5.41) is 2.94. The third kappa shape index (κ3) is 6.20. The number of nitrogens with zero attached hydrogens (tertiary/aromatic N) is 1. The minimum atomic E-state index is 0.0899. The Labute approximate surface area is 123 Å². The van der Waals surface area contributed by atoms with Crippen molar-refractivity contribution in [3.05, 3.63) is 0 Å². The quantitative estimate of drug-likeness (QED) is 0.701. The second-order valence-electron chi connectivity index (χ2n) is 5.95. The minimum Gasteiger partial charge on any atom is -0.377 e. The first-order chi connectivity index (χ1) is 9.56. The maximum Gasteiger partial charge on any atom is 0.221 e. The molecule has 5 heteroatoms. The van der Waals surface area contributed by atoms with Crippen LogP contribution in [-0.4, -0.2) is 55.2 Å². The molecule has 20 heavy (non-hydrogen) atoms. The predicted molar refractivity (Wildman–Crippen MR) is 81.6 cm³/mol. The summed E-state index contributed by atoms with van der Waals surface area (Å²) in [5.41, 5.74) is 5.87. The summed E-state index contributed by atoms with van der Waals surface area (Å²) in [6.07, 6.45) is 4.07. The van der Waals surface area contributed by atoms with Gasteiger partial charge >= 0.3 is 0 Å². The van der Waals surface area contributed by atoms with Gasteiger partial charge in [0.1, 0.15) is 0 Å². The monoisotopic (exact) mass is 285 g/mol. The van der Waals surface area contributed by atoms with E-state index in [9.17, 15) is 4.79 Å². The molecule has 0 saturated carbocycles. The van der Waals surface area contributed by atoms with Crippen LogP contribution < -0.4 is 11.1 Å². The van der Waals surface area contributed by atoms with E-state index in [1.807, 2.05) is 13.8 Å². The zero-order chi connectivity index (χ0) is 15.0. The molecule has 3 N–H and O–H groups in total. The zero-order valence-electron chi connectivity index (χ0n) is 13.2. The van der Waals surface area contributed by atoms with E-state index in [1.165, 1.54) is 0 Å². The summed E-state index contributed by atoms with van der Waals surface area (Å²) < 4.78 is 5.84. The number of ether oxygens (including phenoxy) is 1. The Balaban J connectivity index is 2.45. The van der Waals surface area contributed by atoms with Crippen molar-refractivity contribution in [3.63, 3.8) is 0 Å². The maximum atomic E-state index is 11.9. The second kappa shape index (κ2) is 9.32. The number of amides is 1. The average molecular weight is 285 g/mol. The number of hydrogen-bond donors (Lipinski definition) is 2. The maximum absolute atomic E-state index is 11.9. The standard InChI is InChI=1S/C15H31N3O2/c1-4-8-20-14-6-5-7-18(11-14)13(10-16)9-15(19)17-12(2)3/h12-14H,4-11,16H2,1-3H3,(H,17,19). The van der Waals surface area contributed by atoms with Crippen molar-refractivity contribution in [3.8, 4) is 0 Å². The van der Waals surface area contributed by atoms with E-state index in [4.69, 9.17) is 10.5 Å². The first kappa shape index (κ1) is 17.4. The van der Waals surface area contributed by atoms with Crippen molar-refractivity contribution < 1.29 is 9.53 Å². The van der Waals surface area contributed by atoms with Crippen LogP contribution in [0.15, 0.2) is 0 Å². The van der Waals surface area contributed by atoms with Crippen LogP contribution in [0.4, 0.5) is 0 Å². The third-order valence-electron chi connectivity index (χ3n) is 3.63. The molecule has 1 amide bonds. The molecule has 1 saturated heterocycles. The lowest BCUT2D eigenvalue weighted by Crippen LogP contribution is -2.50. The number of nitrogens with two attached hydrogens (primary N) is 1. The van der Waals surface area contributed by atoms with Gasteiger partial charge in [-0.25, -0.2) is 0 Å². The number of hydrogen-bond acceptors (Lipinski definition) is 4. The molecule has 0 aromatic carbocycles. The zero-order valence-corrected chi connectivity index (χ0v) is 13.2. The molecule has 1 fully saturated rings. The van der Waals surface area contributed by atoms with Crippen LogP contribution in [0.25, 0.3) is 0 Å². The van der Waals surface area contributed by atoms with Gasteiger partial charge in [0, 0.05) is 38.2 Å². The number of nitrogens with one attached hydrogen (secondary N) is 1. The lowest BCUT2D eigenvalue weighted by Gasteiger charge is -2.37. The van der Waals surface area contributed by atoms with Gasteiger partial charge in [-0.2, -0.15) is 0 Å². The fourth-order valence-electron chi connectivity index (χ4n) is 2.67. The fraction of sp³-hybridized carbons (Fsp3) is 0.933. The number of carbonyl (C=O) groups is 1. The largest absolute Gasteiger partial charge is 0.377 e. The van der Waals surface area contributed by atoms with Gasteiger partial charge in [0.05, 0.1) is 6.10 Å². The molecule has 0 aromatic rings. The van der Waals surface area contributed by atoms with Gasteiger partial charge in [-0.1, -0.05) is 6.92 Å². The van der Waals surface area contributed by atoms with E-state index in [2.05, 4.69) is 17.1 Å². The first-order valence-corrected chi connectivity index (χ1v) is 7.91. The smallest absolute Gasteiger partial charge is 0.221 e. The molecule has 1 aliphatic rings. The SMILES string of the molecule is CCCOC1CCCN(C(CN)CC(=O)NC(C)C)C1. The molecule has 0 spiro atoms. The summed E-state index contributed by atoms with van der Waals surface area (Å²) >= 11 is 0. The van der Waals surface area contributed by atoms with Crippen molar-refractivity contribution in [1.29, 1.82) is 0 Å². The molecule has 0 aliphatic carbocycles. The molecule has 0 radical (unpaired) electrons. The van der Waals surface area contributed by atoms with Crippen molar-refractivity contribution >= 4 is 5.91 Å². The summed E-state index contributed by atoms with van der Waals surface area (Å²) in [4.78, 5) is 14.2. The Bertz CT molecular complexity index is 284. The Morgan fingerprint density at radius 3 is 2.85 bits per heavy atom.